The summed E-state index contributed by atoms with van der Waals surface area (Å²) < 4.78 is -0.529. The third kappa shape index (κ3) is 2.40. The molecular formula is C11H13N3O3S. The van der Waals surface area contributed by atoms with E-state index >= 15 is 0 Å². The maximum atomic E-state index is 11.1. The van der Waals surface area contributed by atoms with Crippen molar-refractivity contribution < 1.29 is 15.0 Å². The number of aliphatic carboxylic acids is 1. The fourth-order valence-corrected chi connectivity index (χ4v) is 2.68. The predicted molar refractivity (Wildman–Crippen MR) is 70.1 cm³/mol. The lowest BCUT2D eigenvalue weighted by molar-refractivity contribution is -0.138. The molecule has 0 unspecified atom stereocenters. The number of pyridine rings is 1. The number of aromatic hydroxyl groups is 1. The van der Waals surface area contributed by atoms with E-state index in [-0.39, 0.29) is 11.6 Å². The van der Waals surface area contributed by atoms with E-state index < -0.39 is 16.8 Å². The molecule has 0 spiro atoms. The molecule has 1 atom stereocenters. The zero-order chi connectivity index (χ0) is 13.3. The van der Waals surface area contributed by atoms with Gasteiger partial charge in [0.2, 0.25) is 0 Å². The lowest BCUT2D eigenvalue weighted by Crippen LogP contribution is -2.34. The van der Waals surface area contributed by atoms with Crippen molar-refractivity contribution in [3.63, 3.8) is 0 Å². The normalized spacial score (nSPS) is 21.4. The summed E-state index contributed by atoms with van der Waals surface area (Å²) in [5.41, 5.74) is 0. The average molecular weight is 267 g/mol. The number of carboxylic acids is 1. The van der Waals surface area contributed by atoms with E-state index in [0.717, 1.165) is 0 Å². The predicted octanol–water partition coefficient (Wildman–Crippen LogP) is 1.53. The lowest BCUT2D eigenvalue weighted by atomic mass is 10.0. The Kier molecular flexibility index (Phi) is 3.16. The third-order valence-electron chi connectivity index (χ3n) is 2.51. The van der Waals surface area contributed by atoms with Gasteiger partial charge in [0.1, 0.15) is 0 Å². The summed E-state index contributed by atoms with van der Waals surface area (Å²) in [4.78, 5) is 19.1. The number of aromatic nitrogens is 1. The van der Waals surface area contributed by atoms with E-state index in [9.17, 15) is 9.90 Å². The van der Waals surface area contributed by atoms with Gasteiger partial charge in [0, 0.05) is 6.20 Å². The summed E-state index contributed by atoms with van der Waals surface area (Å²) >= 11 is 1.31. The van der Waals surface area contributed by atoms with Gasteiger partial charge in [-0.1, -0.05) is 11.8 Å². The molecule has 2 rings (SSSR count). The monoisotopic (exact) mass is 267 g/mol. The zero-order valence-electron chi connectivity index (χ0n) is 9.91. The molecule has 18 heavy (non-hydrogen) atoms. The van der Waals surface area contributed by atoms with Crippen LogP contribution in [-0.2, 0) is 4.79 Å². The molecule has 0 amide bonds. The number of anilines is 1. The molecule has 1 aliphatic rings. The van der Waals surface area contributed by atoms with Crippen molar-refractivity contribution in [1.29, 1.82) is 0 Å². The molecule has 0 saturated carbocycles. The molecule has 0 aliphatic carbocycles. The maximum absolute atomic E-state index is 11.1. The third-order valence-corrected chi connectivity index (χ3v) is 3.66. The molecular weight excluding hydrogens is 254 g/mol. The second-order valence-electron chi connectivity index (χ2n) is 4.38. The van der Waals surface area contributed by atoms with Crippen LogP contribution in [0.15, 0.2) is 23.3 Å². The van der Waals surface area contributed by atoms with Gasteiger partial charge in [-0.15, -0.1) is 0 Å². The highest BCUT2D eigenvalue weighted by molar-refractivity contribution is 8.15. The highest BCUT2D eigenvalue weighted by atomic mass is 32.2. The summed E-state index contributed by atoms with van der Waals surface area (Å²) in [7, 11) is 0. The first-order valence-electron chi connectivity index (χ1n) is 5.31. The van der Waals surface area contributed by atoms with Crippen LogP contribution in [0.5, 0.6) is 5.75 Å². The number of carbonyl (C=O) groups is 1. The Hall–Kier alpha value is -1.76. The van der Waals surface area contributed by atoms with Crippen LogP contribution in [0, 0.1) is 0 Å². The van der Waals surface area contributed by atoms with E-state index in [1.165, 1.54) is 24.0 Å². The molecule has 2 heterocycles. The van der Waals surface area contributed by atoms with Crippen LogP contribution in [0.2, 0.25) is 0 Å². The van der Waals surface area contributed by atoms with Gasteiger partial charge < -0.3 is 15.5 Å². The van der Waals surface area contributed by atoms with E-state index in [0.29, 0.717) is 5.17 Å². The van der Waals surface area contributed by atoms with E-state index in [4.69, 9.17) is 5.11 Å². The van der Waals surface area contributed by atoms with Gasteiger partial charge in [0.25, 0.3) is 0 Å². The van der Waals surface area contributed by atoms with Crippen molar-refractivity contribution in [2.24, 2.45) is 4.99 Å². The molecule has 0 saturated heterocycles. The first-order chi connectivity index (χ1) is 8.40. The largest absolute Gasteiger partial charge is 0.504 e. The molecule has 0 radical (unpaired) electrons. The summed E-state index contributed by atoms with van der Waals surface area (Å²) in [6.07, 6.45) is 1.53. The van der Waals surface area contributed by atoms with Crippen LogP contribution in [0.3, 0.4) is 0 Å². The zero-order valence-corrected chi connectivity index (χ0v) is 10.7. The fourth-order valence-electron chi connectivity index (χ4n) is 1.61. The quantitative estimate of drug-likeness (QED) is 0.752. The highest BCUT2D eigenvalue weighted by Crippen LogP contribution is 2.38. The van der Waals surface area contributed by atoms with Crippen molar-refractivity contribution in [2.75, 3.05) is 5.32 Å². The topological polar surface area (TPSA) is 94.8 Å². The minimum absolute atomic E-state index is 0.00242. The number of carboxylic acid groups (broad SMARTS) is 1. The minimum atomic E-state index is -0.963. The first-order valence-corrected chi connectivity index (χ1v) is 6.12. The van der Waals surface area contributed by atoms with Gasteiger partial charge in [-0.25, -0.2) is 14.8 Å². The molecule has 1 aromatic rings. The molecule has 96 valence electrons. The number of nitrogens with one attached hydrogen (secondary N) is 1. The molecule has 7 heteroatoms. The van der Waals surface area contributed by atoms with Gasteiger partial charge in [0.05, 0.1) is 4.75 Å². The number of nitrogens with zero attached hydrogens (tertiary/aromatic N) is 2. The van der Waals surface area contributed by atoms with Crippen molar-refractivity contribution in [3.05, 3.63) is 18.3 Å². The van der Waals surface area contributed by atoms with Crippen LogP contribution >= 0.6 is 11.8 Å². The van der Waals surface area contributed by atoms with Crippen LogP contribution in [0.25, 0.3) is 0 Å². The SMILES string of the molecule is CC1(C)SC(Nc2ncccc2O)=N[C@@H]1C(=O)O. The summed E-state index contributed by atoms with van der Waals surface area (Å²) in [6.45, 7) is 3.62. The van der Waals surface area contributed by atoms with Gasteiger partial charge in [-0.05, 0) is 26.0 Å². The Morgan fingerprint density at radius 2 is 2.28 bits per heavy atom. The number of hydrogen-bond acceptors (Lipinski definition) is 6. The Morgan fingerprint density at radius 1 is 1.56 bits per heavy atom. The Morgan fingerprint density at radius 3 is 2.83 bits per heavy atom. The van der Waals surface area contributed by atoms with Gasteiger partial charge in [0.15, 0.2) is 22.8 Å². The number of thioether (sulfide) groups is 1. The van der Waals surface area contributed by atoms with E-state index in [2.05, 4.69) is 15.3 Å². The van der Waals surface area contributed by atoms with Crippen molar-refractivity contribution in [1.82, 2.24) is 4.98 Å². The molecule has 6 nitrogen and oxygen atoms in total. The van der Waals surface area contributed by atoms with Gasteiger partial charge in [-0.3, -0.25) is 0 Å². The molecule has 3 N–H and O–H groups in total. The lowest BCUT2D eigenvalue weighted by Gasteiger charge is -2.20. The van der Waals surface area contributed by atoms with E-state index in [1.54, 1.807) is 6.07 Å². The summed E-state index contributed by atoms with van der Waals surface area (Å²) in [5, 5.41) is 21.9. The number of aliphatic imine (C=N–C) groups is 1. The summed E-state index contributed by atoms with van der Waals surface area (Å²) in [5.74, 6) is -0.697. The van der Waals surface area contributed by atoms with Crippen molar-refractivity contribution >= 4 is 28.7 Å². The number of hydrogen-bond donors (Lipinski definition) is 3. The second kappa shape index (κ2) is 4.49. The Balaban J connectivity index is 2.20. The standard InChI is InChI=1S/C11H13N3O3S/c1-11(2)7(9(16)17)13-10(18-11)14-8-6(15)4-3-5-12-8/h3-5,7,15H,1-2H3,(H,16,17)(H,12,13,14)/t7-/m1/s1. The van der Waals surface area contributed by atoms with E-state index in [1.807, 2.05) is 13.8 Å². The Labute approximate surface area is 108 Å². The average Bonchev–Trinajstić information content (AvgIpc) is 2.57. The summed E-state index contributed by atoms with van der Waals surface area (Å²) in [6, 6.07) is 2.29. The molecule has 1 aromatic heterocycles. The molecule has 1 aliphatic heterocycles. The highest BCUT2D eigenvalue weighted by Gasteiger charge is 2.42. The minimum Gasteiger partial charge on any atom is -0.504 e. The van der Waals surface area contributed by atoms with Gasteiger partial charge in [-0.2, -0.15) is 0 Å². The molecule has 0 fully saturated rings. The first kappa shape index (κ1) is 12.7. The van der Waals surface area contributed by atoms with Crippen molar-refractivity contribution in [2.45, 2.75) is 24.6 Å². The van der Waals surface area contributed by atoms with Crippen molar-refractivity contribution in [3.8, 4) is 5.75 Å². The van der Waals surface area contributed by atoms with Crippen LogP contribution < -0.4 is 5.32 Å². The van der Waals surface area contributed by atoms with Crippen LogP contribution in [0.1, 0.15) is 13.8 Å². The molecule has 0 aromatic carbocycles. The van der Waals surface area contributed by atoms with Gasteiger partial charge >= 0.3 is 5.97 Å². The van der Waals surface area contributed by atoms with Crippen LogP contribution in [-0.4, -0.2) is 37.1 Å². The second-order valence-corrected chi connectivity index (χ2v) is 6.02. The number of rotatable bonds is 2. The number of amidine groups is 1. The smallest absolute Gasteiger partial charge is 0.329 e. The molecule has 0 bridgehead atoms. The fraction of sp³-hybridized carbons (Fsp3) is 0.364. The Bertz CT molecular complexity index is 516. The maximum Gasteiger partial charge on any atom is 0.329 e. The van der Waals surface area contributed by atoms with Crippen LogP contribution in [0.4, 0.5) is 5.82 Å².